The Kier molecular flexibility index (Phi) is 10.5. The molecule has 0 spiro atoms. The monoisotopic (exact) mass is 577 g/mol. The molecule has 3 N–H and O–H groups in total. The van der Waals surface area contributed by atoms with E-state index in [0.29, 0.717) is 24.4 Å². The van der Waals surface area contributed by atoms with Gasteiger partial charge in [0.15, 0.2) is 12.6 Å². The first kappa shape index (κ1) is 26.3. The van der Waals surface area contributed by atoms with Gasteiger partial charge in [-0.25, -0.2) is 0 Å². The normalized spacial score (nSPS) is 16.9. The van der Waals surface area contributed by atoms with Crippen LogP contribution >= 0.6 is 24.0 Å². The molecule has 1 aliphatic carbocycles. The van der Waals surface area contributed by atoms with Crippen LogP contribution in [0.15, 0.2) is 59.6 Å². The largest absolute Gasteiger partial charge is 0.484 e. The molecule has 184 valence electrons. The van der Waals surface area contributed by atoms with E-state index in [1.807, 2.05) is 24.3 Å². The van der Waals surface area contributed by atoms with E-state index in [1.165, 1.54) is 5.56 Å². The lowest BCUT2D eigenvalue weighted by Gasteiger charge is -2.33. The number of rotatable bonds is 9. The van der Waals surface area contributed by atoms with Crippen LogP contribution in [0.5, 0.6) is 5.75 Å². The summed E-state index contributed by atoms with van der Waals surface area (Å²) in [5.41, 5.74) is 2.45. The summed E-state index contributed by atoms with van der Waals surface area (Å²) < 4.78 is 5.65. The maximum absolute atomic E-state index is 11.8. The number of likely N-dealkylation sites (tertiary alicyclic amines) is 1. The molecule has 0 unspecified atom stereocenters. The van der Waals surface area contributed by atoms with E-state index in [0.717, 1.165) is 56.8 Å². The number of piperidine rings is 1. The van der Waals surface area contributed by atoms with Crippen molar-refractivity contribution < 1.29 is 9.53 Å². The summed E-state index contributed by atoms with van der Waals surface area (Å²) >= 11 is 0. The summed E-state index contributed by atoms with van der Waals surface area (Å²) in [6.45, 7) is 3.87. The molecule has 0 atom stereocenters. The highest BCUT2D eigenvalue weighted by atomic mass is 127. The molecule has 2 fully saturated rings. The first-order chi connectivity index (χ1) is 16.2. The summed E-state index contributed by atoms with van der Waals surface area (Å²) in [5, 5.41) is 9.90. The van der Waals surface area contributed by atoms with Gasteiger partial charge in [0.1, 0.15) is 5.75 Å². The third kappa shape index (κ3) is 8.79. The molecule has 4 rings (SSSR count). The molecule has 7 nitrogen and oxygen atoms in total. The summed E-state index contributed by atoms with van der Waals surface area (Å²) in [5.74, 6) is 1.46. The van der Waals surface area contributed by atoms with E-state index in [9.17, 15) is 4.79 Å². The van der Waals surface area contributed by atoms with Crippen molar-refractivity contribution in [2.24, 2.45) is 4.99 Å². The fourth-order valence-corrected chi connectivity index (χ4v) is 4.04. The van der Waals surface area contributed by atoms with Gasteiger partial charge < -0.3 is 20.7 Å². The van der Waals surface area contributed by atoms with Crippen molar-refractivity contribution in [1.29, 1.82) is 0 Å². The predicted octanol–water partition coefficient (Wildman–Crippen LogP) is 3.29. The predicted molar refractivity (Wildman–Crippen MR) is 147 cm³/mol. The van der Waals surface area contributed by atoms with E-state index in [-0.39, 0.29) is 36.5 Å². The molecular formula is C26H36IN5O2. The van der Waals surface area contributed by atoms with Crippen LogP contribution in [0.2, 0.25) is 0 Å². The van der Waals surface area contributed by atoms with Gasteiger partial charge in [-0.3, -0.25) is 14.7 Å². The quantitative estimate of drug-likeness (QED) is 0.242. The molecule has 34 heavy (non-hydrogen) atoms. The molecule has 1 heterocycles. The highest BCUT2D eigenvalue weighted by Gasteiger charge is 2.23. The summed E-state index contributed by atoms with van der Waals surface area (Å²) in [7, 11) is 1.80. The van der Waals surface area contributed by atoms with Crippen LogP contribution < -0.4 is 20.7 Å². The van der Waals surface area contributed by atoms with Crippen LogP contribution in [0.1, 0.15) is 36.8 Å². The van der Waals surface area contributed by atoms with Gasteiger partial charge in [0.25, 0.3) is 5.91 Å². The van der Waals surface area contributed by atoms with Crippen molar-refractivity contribution in [2.75, 3.05) is 26.7 Å². The maximum atomic E-state index is 11.8. The third-order valence-corrected chi connectivity index (χ3v) is 6.07. The number of halogens is 1. The molecule has 0 radical (unpaired) electrons. The van der Waals surface area contributed by atoms with Crippen LogP contribution in [0.4, 0.5) is 0 Å². The van der Waals surface area contributed by atoms with E-state index in [2.05, 4.69) is 56.2 Å². The molecule has 2 aromatic rings. The van der Waals surface area contributed by atoms with Crippen molar-refractivity contribution in [3.8, 4) is 5.75 Å². The summed E-state index contributed by atoms with van der Waals surface area (Å²) in [6.07, 6.45) is 4.35. The van der Waals surface area contributed by atoms with Crippen LogP contribution in [0, 0.1) is 0 Å². The molecule has 1 saturated heterocycles. The smallest absolute Gasteiger partial charge is 0.258 e. The van der Waals surface area contributed by atoms with Gasteiger partial charge in [0.05, 0.1) is 0 Å². The van der Waals surface area contributed by atoms with Gasteiger partial charge in [0.2, 0.25) is 0 Å². The van der Waals surface area contributed by atoms with Gasteiger partial charge in [-0.15, -0.1) is 24.0 Å². The van der Waals surface area contributed by atoms with Crippen molar-refractivity contribution >= 4 is 35.8 Å². The Bertz CT molecular complexity index is 928. The van der Waals surface area contributed by atoms with Crippen LogP contribution in [-0.2, 0) is 17.9 Å². The van der Waals surface area contributed by atoms with Gasteiger partial charge in [-0.2, -0.15) is 0 Å². The highest BCUT2D eigenvalue weighted by molar-refractivity contribution is 14.0. The Balaban J connectivity index is 0.00000324. The lowest BCUT2D eigenvalue weighted by molar-refractivity contribution is -0.123. The van der Waals surface area contributed by atoms with Crippen molar-refractivity contribution in [3.63, 3.8) is 0 Å². The minimum absolute atomic E-state index is 0. The second-order valence-corrected chi connectivity index (χ2v) is 8.88. The van der Waals surface area contributed by atoms with Gasteiger partial charge >= 0.3 is 0 Å². The Morgan fingerprint density at radius 1 is 0.971 bits per heavy atom. The number of nitrogens with zero attached hydrogens (tertiary/aromatic N) is 2. The van der Waals surface area contributed by atoms with Gasteiger partial charge in [0, 0.05) is 45.3 Å². The number of amides is 1. The minimum Gasteiger partial charge on any atom is -0.484 e. The second-order valence-electron chi connectivity index (χ2n) is 8.88. The van der Waals surface area contributed by atoms with E-state index >= 15 is 0 Å². The lowest BCUT2D eigenvalue weighted by atomic mass is 10.0. The SMILES string of the molecule is CN=C(NCc1cccc(OCC(=O)NC2CC2)c1)NC1CCN(Cc2ccccc2)CC1.I. The number of aliphatic imine (C=N–C) groups is 1. The topological polar surface area (TPSA) is 78.0 Å². The molecule has 0 aromatic heterocycles. The van der Waals surface area contributed by atoms with E-state index < -0.39 is 0 Å². The average Bonchev–Trinajstić information content (AvgIpc) is 3.66. The number of carbonyl (C=O) groups is 1. The maximum Gasteiger partial charge on any atom is 0.258 e. The van der Waals surface area contributed by atoms with Crippen molar-refractivity contribution in [2.45, 2.75) is 50.9 Å². The third-order valence-electron chi connectivity index (χ3n) is 6.07. The first-order valence-electron chi connectivity index (χ1n) is 11.9. The molecule has 2 aromatic carbocycles. The zero-order valence-corrected chi connectivity index (χ0v) is 22.2. The number of benzene rings is 2. The number of nitrogens with one attached hydrogen (secondary N) is 3. The van der Waals surface area contributed by atoms with Crippen molar-refractivity contribution in [3.05, 3.63) is 65.7 Å². The zero-order valence-electron chi connectivity index (χ0n) is 19.8. The number of carbonyl (C=O) groups excluding carboxylic acids is 1. The number of ether oxygens (including phenoxy) is 1. The molecule has 0 bridgehead atoms. The van der Waals surface area contributed by atoms with Crippen LogP contribution in [0.25, 0.3) is 0 Å². The number of hydrogen-bond acceptors (Lipinski definition) is 4. The molecule has 8 heteroatoms. The second kappa shape index (κ2) is 13.5. The molecular weight excluding hydrogens is 541 g/mol. The lowest BCUT2D eigenvalue weighted by Crippen LogP contribution is -2.48. The average molecular weight is 578 g/mol. The van der Waals surface area contributed by atoms with Gasteiger partial charge in [-0.1, -0.05) is 42.5 Å². The Hall–Kier alpha value is -2.33. The Morgan fingerprint density at radius 3 is 2.38 bits per heavy atom. The van der Waals surface area contributed by atoms with Crippen molar-refractivity contribution in [1.82, 2.24) is 20.9 Å². The van der Waals surface area contributed by atoms with E-state index in [4.69, 9.17) is 4.74 Å². The summed E-state index contributed by atoms with van der Waals surface area (Å²) in [6, 6.07) is 19.3. The fraction of sp³-hybridized carbons (Fsp3) is 0.462. The standard InChI is InChI=1S/C26H35N5O2.HI/c1-27-26(30-23-12-14-31(15-13-23)18-20-6-3-2-4-7-20)28-17-21-8-5-9-24(16-21)33-19-25(32)29-22-10-11-22;/h2-9,16,22-23H,10-15,17-19H2,1H3,(H,29,32)(H2,27,28,30);1H. The number of guanidine groups is 1. The zero-order chi connectivity index (χ0) is 22.9. The molecule has 1 saturated carbocycles. The van der Waals surface area contributed by atoms with Crippen LogP contribution in [0.3, 0.4) is 0 Å². The van der Waals surface area contributed by atoms with E-state index in [1.54, 1.807) is 7.05 Å². The highest BCUT2D eigenvalue weighted by Crippen LogP contribution is 2.19. The molecule has 2 aliphatic rings. The fourth-order valence-electron chi connectivity index (χ4n) is 4.04. The minimum atomic E-state index is -0.0551. The number of hydrogen-bond donors (Lipinski definition) is 3. The van der Waals surface area contributed by atoms with Gasteiger partial charge in [-0.05, 0) is 48.9 Å². The first-order valence-corrected chi connectivity index (χ1v) is 11.9. The Morgan fingerprint density at radius 2 is 1.68 bits per heavy atom. The molecule has 1 amide bonds. The van der Waals surface area contributed by atoms with Crippen LogP contribution in [-0.4, -0.2) is 55.6 Å². The summed E-state index contributed by atoms with van der Waals surface area (Å²) in [4.78, 5) is 18.7. The molecule has 1 aliphatic heterocycles. The Labute approximate surface area is 219 Å².